The topological polar surface area (TPSA) is 37.4 Å². The van der Waals surface area contributed by atoms with Gasteiger partial charge in [0.15, 0.2) is 0 Å². The Morgan fingerprint density at radius 1 is 1.44 bits per heavy atom. The van der Waals surface area contributed by atoms with Crippen molar-refractivity contribution in [2.24, 2.45) is 5.92 Å². The number of nitrogens with zero attached hydrogens (tertiary/aromatic N) is 1. The lowest BCUT2D eigenvalue weighted by Crippen LogP contribution is -2.34. The summed E-state index contributed by atoms with van der Waals surface area (Å²) < 4.78 is 39.9. The minimum atomic E-state index is -3.72. The molecule has 0 spiro atoms. The molecule has 3 nitrogen and oxygen atoms in total. The van der Waals surface area contributed by atoms with E-state index >= 15 is 0 Å². The lowest BCUT2D eigenvalue weighted by atomic mass is 9.86. The monoisotopic (exact) mass is 335 g/mol. The van der Waals surface area contributed by atoms with Gasteiger partial charge in [0.05, 0.1) is 0 Å². The zero-order valence-electron chi connectivity index (χ0n) is 10.1. The Balaban J connectivity index is 2.23. The molecular weight excluding hydrogens is 321 g/mol. The first-order valence-corrected chi connectivity index (χ1v) is 8.06. The van der Waals surface area contributed by atoms with Crippen LogP contribution in [-0.4, -0.2) is 26.3 Å². The summed E-state index contributed by atoms with van der Waals surface area (Å²) in [5, 5.41) is 0. The van der Waals surface area contributed by atoms with E-state index in [4.69, 9.17) is 0 Å². The molecule has 0 saturated heterocycles. The van der Waals surface area contributed by atoms with E-state index in [9.17, 15) is 12.8 Å². The first-order chi connectivity index (χ1) is 8.41. The van der Waals surface area contributed by atoms with Gasteiger partial charge in [0.1, 0.15) is 10.7 Å². The zero-order valence-corrected chi connectivity index (χ0v) is 12.5. The SMILES string of the molecule is CN(CC1CCC1)S(=O)(=O)c1ccc(Br)cc1F. The highest BCUT2D eigenvalue weighted by molar-refractivity contribution is 9.10. The molecule has 0 atom stereocenters. The summed E-state index contributed by atoms with van der Waals surface area (Å²) in [7, 11) is -2.21. The van der Waals surface area contributed by atoms with Crippen LogP contribution in [0.1, 0.15) is 19.3 Å². The van der Waals surface area contributed by atoms with Gasteiger partial charge in [-0.05, 0) is 37.0 Å². The predicted octanol–water partition coefficient (Wildman–Crippen LogP) is 3.01. The molecule has 0 N–H and O–H groups in total. The minimum Gasteiger partial charge on any atom is -0.207 e. The molecule has 0 heterocycles. The number of halogens is 2. The summed E-state index contributed by atoms with van der Waals surface area (Å²) in [6, 6.07) is 4.00. The van der Waals surface area contributed by atoms with Gasteiger partial charge in [-0.25, -0.2) is 17.1 Å². The van der Waals surface area contributed by atoms with Gasteiger partial charge in [0.25, 0.3) is 0 Å². The molecule has 0 unspecified atom stereocenters. The third-order valence-electron chi connectivity index (χ3n) is 3.32. The molecular formula is C12H15BrFNO2S. The number of sulfonamides is 1. The van der Waals surface area contributed by atoms with Crippen LogP contribution in [0.2, 0.25) is 0 Å². The molecule has 1 fully saturated rings. The molecule has 1 saturated carbocycles. The lowest BCUT2D eigenvalue weighted by Gasteiger charge is -2.29. The van der Waals surface area contributed by atoms with Crippen LogP contribution in [0.3, 0.4) is 0 Å². The van der Waals surface area contributed by atoms with Crippen LogP contribution in [0.4, 0.5) is 4.39 Å². The summed E-state index contributed by atoms with van der Waals surface area (Å²) in [4.78, 5) is -0.257. The Kier molecular flexibility index (Phi) is 4.08. The fraction of sp³-hybridized carbons (Fsp3) is 0.500. The fourth-order valence-electron chi connectivity index (χ4n) is 1.99. The molecule has 2 rings (SSSR count). The summed E-state index contributed by atoms with van der Waals surface area (Å²) in [5.74, 6) is -0.298. The van der Waals surface area contributed by atoms with Crippen molar-refractivity contribution in [1.82, 2.24) is 4.31 Å². The third kappa shape index (κ3) is 2.75. The molecule has 0 radical (unpaired) electrons. The fourth-order valence-corrected chi connectivity index (χ4v) is 3.61. The van der Waals surface area contributed by atoms with Crippen LogP contribution in [0.5, 0.6) is 0 Å². The Morgan fingerprint density at radius 2 is 2.11 bits per heavy atom. The van der Waals surface area contributed by atoms with E-state index < -0.39 is 15.8 Å². The second kappa shape index (κ2) is 5.27. The summed E-state index contributed by atoms with van der Waals surface area (Å²) >= 11 is 3.11. The highest BCUT2D eigenvalue weighted by Gasteiger charge is 2.28. The molecule has 18 heavy (non-hydrogen) atoms. The molecule has 6 heteroatoms. The van der Waals surface area contributed by atoms with E-state index in [1.165, 1.54) is 29.6 Å². The quantitative estimate of drug-likeness (QED) is 0.848. The van der Waals surface area contributed by atoms with Gasteiger partial charge in [0, 0.05) is 18.1 Å². The second-order valence-corrected chi connectivity index (χ2v) is 7.59. The van der Waals surface area contributed by atoms with Crippen molar-refractivity contribution >= 4 is 26.0 Å². The molecule has 0 bridgehead atoms. The van der Waals surface area contributed by atoms with Gasteiger partial charge in [0.2, 0.25) is 10.0 Å². The van der Waals surface area contributed by atoms with E-state index in [0.717, 1.165) is 19.3 Å². The Labute approximate surface area is 115 Å². The lowest BCUT2D eigenvalue weighted by molar-refractivity contribution is 0.262. The Morgan fingerprint density at radius 3 is 2.61 bits per heavy atom. The van der Waals surface area contributed by atoms with Crippen LogP contribution in [0, 0.1) is 11.7 Å². The van der Waals surface area contributed by atoms with Crippen LogP contribution in [0.25, 0.3) is 0 Å². The predicted molar refractivity (Wildman–Crippen MR) is 71.3 cm³/mol. The normalized spacial score (nSPS) is 16.9. The van der Waals surface area contributed by atoms with Gasteiger partial charge in [-0.15, -0.1) is 0 Å². The van der Waals surface area contributed by atoms with E-state index in [1.54, 1.807) is 0 Å². The third-order valence-corrected chi connectivity index (χ3v) is 5.67. The summed E-state index contributed by atoms with van der Waals surface area (Å²) in [5.41, 5.74) is 0. The largest absolute Gasteiger partial charge is 0.245 e. The molecule has 1 aliphatic carbocycles. The van der Waals surface area contributed by atoms with E-state index in [-0.39, 0.29) is 4.90 Å². The van der Waals surface area contributed by atoms with Crippen molar-refractivity contribution in [2.45, 2.75) is 24.2 Å². The molecule has 1 aliphatic rings. The van der Waals surface area contributed by atoms with E-state index in [0.29, 0.717) is 16.9 Å². The van der Waals surface area contributed by atoms with Crippen LogP contribution in [0.15, 0.2) is 27.6 Å². The Hall–Kier alpha value is -0.460. The summed E-state index contributed by atoms with van der Waals surface area (Å²) in [6.07, 6.45) is 3.27. The highest BCUT2D eigenvalue weighted by atomic mass is 79.9. The van der Waals surface area contributed by atoms with Gasteiger partial charge < -0.3 is 0 Å². The van der Waals surface area contributed by atoms with Crippen molar-refractivity contribution in [2.75, 3.05) is 13.6 Å². The van der Waals surface area contributed by atoms with E-state index in [1.807, 2.05) is 0 Å². The van der Waals surface area contributed by atoms with Gasteiger partial charge in [-0.1, -0.05) is 22.4 Å². The number of hydrogen-bond donors (Lipinski definition) is 0. The van der Waals surface area contributed by atoms with Crippen LogP contribution >= 0.6 is 15.9 Å². The van der Waals surface area contributed by atoms with Crippen LogP contribution in [-0.2, 0) is 10.0 Å². The molecule has 100 valence electrons. The molecule has 0 aromatic heterocycles. The minimum absolute atomic E-state index is 0.257. The average Bonchev–Trinajstić information content (AvgIpc) is 2.22. The number of hydrogen-bond acceptors (Lipinski definition) is 2. The average molecular weight is 336 g/mol. The molecule has 0 aliphatic heterocycles. The van der Waals surface area contributed by atoms with Crippen molar-refractivity contribution in [3.05, 3.63) is 28.5 Å². The zero-order chi connectivity index (χ0) is 13.3. The molecule has 1 aromatic carbocycles. The highest BCUT2D eigenvalue weighted by Crippen LogP contribution is 2.29. The number of rotatable bonds is 4. The van der Waals surface area contributed by atoms with Gasteiger partial charge in [-0.3, -0.25) is 0 Å². The number of benzene rings is 1. The Bertz CT molecular complexity index is 543. The maximum atomic E-state index is 13.7. The molecule has 0 amide bonds. The van der Waals surface area contributed by atoms with Gasteiger partial charge in [-0.2, -0.15) is 0 Å². The van der Waals surface area contributed by atoms with Crippen molar-refractivity contribution in [3.63, 3.8) is 0 Å². The van der Waals surface area contributed by atoms with E-state index in [2.05, 4.69) is 15.9 Å². The van der Waals surface area contributed by atoms with Gasteiger partial charge >= 0.3 is 0 Å². The summed E-state index contributed by atoms with van der Waals surface area (Å²) in [6.45, 7) is 0.470. The first kappa shape index (κ1) is 14.0. The first-order valence-electron chi connectivity index (χ1n) is 5.82. The second-order valence-electron chi connectivity index (χ2n) is 4.66. The van der Waals surface area contributed by atoms with Crippen molar-refractivity contribution in [1.29, 1.82) is 0 Å². The maximum absolute atomic E-state index is 13.7. The van der Waals surface area contributed by atoms with Crippen LogP contribution < -0.4 is 0 Å². The molecule has 1 aromatic rings. The van der Waals surface area contributed by atoms with Crippen molar-refractivity contribution in [3.8, 4) is 0 Å². The van der Waals surface area contributed by atoms with Crippen molar-refractivity contribution < 1.29 is 12.8 Å². The maximum Gasteiger partial charge on any atom is 0.245 e. The smallest absolute Gasteiger partial charge is 0.207 e. The standard InChI is InChI=1S/C12H15BrFNO2S/c1-15(8-9-3-2-4-9)18(16,17)12-6-5-10(13)7-11(12)14/h5-7,9H,2-4,8H2,1H3.